The molecule has 0 bridgehead atoms. The van der Waals surface area contributed by atoms with Gasteiger partial charge in [0.05, 0.1) is 0 Å². The van der Waals surface area contributed by atoms with Gasteiger partial charge in [-0.05, 0) is 111 Å². The number of furan rings is 1. The minimum absolute atomic E-state index is 0.926. The number of para-hydroxylation sites is 1. The molecule has 0 fully saturated rings. The predicted molar refractivity (Wildman–Crippen MR) is 210 cm³/mol. The maximum absolute atomic E-state index is 6.23. The van der Waals surface area contributed by atoms with Crippen molar-refractivity contribution in [1.82, 2.24) is 0 Å². The van der Waals surface area contributed by atoms with Crippen LogP contribution in [0.4, 0.5) is 0 Å². The third kappa shape index (κ3) is 3.76. The maximum Gasteiger partial charge on any atom is 0.136 e. The topological polar surface area (TPSA) is 13.1 Å². The summed E-state index contributed by atoms with van der Waals surface area (Å²) in [5.74, 6) is 0. The van der Waals surface area contributed by atoms with E-state index in [1.807, 2.05) is 6.07 Å². The lowest BCUT2D eigenvalue weighted by Gasteiger charge is -2.21. The summed E-state index contributed by atoms with van der Waals surface area (Å²) < 4.78 is 6.23. The van der Waals surface area contributed by atoms with Gasteiger partial charge < -0.3 is 4.42 Å². The number of fused-ring (bicyclic) bond motifs is 11. The first-order valence-corrected chi connectivity index (χ1v) is 16.9. The highest BCUT2D eigenvalue weighted by molar-refractivity contribution is 6.29. The van der Waals surface area contributed by atoms with Gasteiger partial charge in [0.1, 0.15) is 11.2 Å². The van der Waals surface area contributed by atoms with Gasteiger partial charge in [-0.15, -0.1) is 0 Å². The smallest absolute Gasteiger partial charge is 0.136 e. The Hall–Kier alpha value is -6.44. The summed E-state index contributed by atoms with van der Waals surface area (Å²) in [5, 5.41) is 17.4. The van der Waals surface area contributed by atoms with Crippen LogP contribution in [0.5, 0.6) is 0 Å². The second-order valence-electron chi connectivity index (χ2n) is 13.2. The number of rotatable bonds is 2. The van der Waals surface area contributed by atoms with E-state index in [1.165, 1.54) is 92.3 Å². The lowest BCUT2D eigenvalue weighted by Crippen LogP contribution is -1.93. The number of benzene rings is 10. The van der Waals surface area contributed by atoms with Crippen LogP contribution < -0.4 is 0 Å². The molecule has 11 aromatic rings. The normalized spacial score (nSPS) is 12.1. The zero-order valence-corrected chi connectivity index (χ0v) is 26.6. The van der Waals surface area contributed by atoms with Gasteiger partial charge in [0, 0.05) is 10.8 Å². The summed E-state index contributed by atoms with van der Waals surface area (Å²) in [6.45, 7) is 0. The minimum atomic E-state index is 0.926. The Morgan fingerprint density at radius 1 is 0.265 bits per heavy atom. The Bertz CT molecular complexity index is 3100. The minimum Gasteiger partial charge on any atom is -0.456 e. The molecule has 1 heteroatoms. The monoisotopic (exact) mass is 620 g/mol. The molecule has 0 saturated carbocycles. The fourth-order valence-electron chi connectivity index (χ4n) is 8.51. The van der Waals surface area contributed by atoms with Crippen molar-refractivity contribution in [3.63, 3.8) is 0 Å². The highest BCUT2D eigenvalue weighted by atomic mass is 16.3. The number of hydrogen-bond acceptors (Lipinski definition) is 1. The van der Waals surface area contributed by atoms with Crippen LogP contribution in [-0.4, -0.2) is 0 Å². The fourth-order valence-corrected chi connectivity index (χ4v) is 8.51. The molecule has 1 nitrogen and oxygen atoms in total. The molecule has 0 aliphatic heterocycles. The van der Waals surface area contributed by atoms with E-state index in [1.54, 1.807) is 0 Å². The Balaban J connectivity index is 1.27. The highest BCUT2D eigenvalue weighted by Gasteiger charge is 2.21. The number of hydrogen-bond donors (Lipinski definition) is 0. The third-order valence-corrected chi connectivity index (χ3v) is 10.6. The molecule has 0 atom stereocenters. The molecule has 0 radical (unpaired) electrons. The molecule has 226 valence electrons. The van der Waals surface area contributed by atoms with Crippen molar-refractivity contribution in [2.24, 2.45) is 0 Å². The van der Waals surface area contributed by atoms with E-state index in [0.29, 0.717) is 0 Å². The van der Waals surface area contributed by atoms with E-state index in [2.05, 4.69) is 164 Å². The van der Waals surface area contributed by atoms with Gasteiger partial charge in [0.15, 0.2) is 0 Å². The molecule has 49 heavy (non-hydrogen) atoms. The summed E-state index contributed by atoms with van der Waals surface area (Å²) in [6, 6.07) is 62.2. The Kier molecular flexibility index (Phi) is 5.45. The summed E-state index contributed by atoms with van der Waals surface area (Å²) in [7, 11) is 0. The van der Waals surface area contributed by atoms with Crippen LogP contribution in [0.15, 0.2) is 174 Å². The Morgan fingerprint density at radius 2 is 0.776 bits per heavy atom. The zero-order chi connectivity index (χ0) is 32.1. The van der Waals surface area contributed by atoms with Crippen LogP contribution in [-0.2, 0) is 0 Å². The molecule has 0 spiro atoms. The van der Waals surface area contributed by atoms with Crippen molar-refractivity contribution in [3.05, 3.63) is 170 Å². The molecular weight excluding hydrogens is 593 g/mol. The molecule has 0 amide bonds. The Labute approximate surface area is 282 Å². The Morgan fingerprint density at radius 3 is 1.53 bits per heavy atom. The van der Waals surface area contributed by atoms with Crippen LogP contribution in [0.25, 0.3) is 109 Å². The average Bonchev–Trinajstić information content (AvgIpc) is 3.55. The quantitative estimate of drug-likeness (QED) is 0.138. The largest absolute Gasteiger partial charge is 0.456 e. The van der Waals surface area contributed by atoms with Crippen LogP contribution in [0.1, 0.15) is 0 Å². The average molecular weight is 621 g/mol. The van der Waals surface area contributed by atoms with E-state index < -0.39 is 0 Å². The van der Waals surface area contributed by atoms with Crippen molar-refractivity contribution in [2.45, 2.75) is 0 Å². The van der Waals surface area contributed by atoms with Gasteiger partial charge in [-0.2, -0.15) is 0 Å². The van der Waals surface area contributed by atoms with E-state index in [9.17, 15) is 0 Å². The van der Waals surface area contributed by atoms with Crippen LogP contribution in [0, 0.1) is 0 Å². The van der Waals surface area contributed by atoms with E-state index >= 15 is 0 Å². The van der Waals surface area contributed by atoms with Crippen LogP contribution >= 0.6 is 0 Å². The zero-order valence-electron chi connectivity index (χ0n) is 26.6. The summed E-state index contributed by atoms with van der Waals surface area (Å²) >= 11 is 0. The predicted octanol–water partition coefficient (Wildman–Crippen LogP) is 13.8. The summed E-state index contributed by atoms with van der Waals surface area (Å²) in [6.07, 6.45) is 0. The molecule has 0 saturated heterocycles. The third-order valence-electron chi connectivity index (χ3n) is 10.6. The van der Waals surface area contributed by atoms with Gasteiger partial charge in [-0.25, -0.2) is 0 Å². The molecule has 0 aliphatic carbocycles. The lowest BCUT2D eigenvalue weighted by atomic mass is 9.82. The van der Waals surface area contributed by atoms with Gasteiger partial charge >= 0.3 is 0 Å². The lowest BCUT2D eigenvalue weighted by molar-refractivity contribution is 0.669. The van der Waals surface area contributed by atoms with Gasteiger partial charge in [0.25, 0.3) is 0 Å². The molecule has 0 N–H and O–H groups in total. The molecule has 0 aliphatic rings. The summed E-state index contributed by atoms with van der Waals surface area (Å²) in [4.78, 5) is 0. The van der Waals surface area contributed by atoms with Gasteiger partial charge in [-0.3, -0.25) is 0 Å². The van der Waals surface area contributed by atoms with Crippen LogP contribution in [0.3, 0.4) is 0 Å². The molecule has 10 aromatic carbocycles. The second kappa shape index (κ2) is 10.0. The molecule has 1 aromatic heterocycles. The highest BCUT2D eigenvalue weighted by Crippen LogP contribution is 2.49. The van der Waals surface area contributed by atoms with E-state index in [4.69, 9.17) is 4.42 Å². The second-order valence-corrected chi connectivity index (χ2v) is 13.2. The fraction of sp³-hybridized carbons (Fsp3) is 0. The van der Waals surface area contributed by atoms with E-state index in [0.717, 1.165) is 16.6 Å². The first kappa shape index (κ1) is 26.6. The van der Waals surface area contributed by atoms with Crippen LogP contribution in [0.2, 0.25) is 0 Å². The van der Waals surface area contributed by atoms with Crippen molar-refractivity contribution in [3.8, 4) is 22.3 Å². The SMILES string of the molecule is c1ccc2c(-c3c4ccccc4c(-c4ccc5c(ccc6oc7ccccc7c65)c4)c4ccccc34)c3ccc4ccccc4c3cc2c1. The molecule has 0 unspecified atom stereocenters. The maximum atomic E-state index is 6.23. The van der Waals surface area contributed by atoms with Gasteiger partial charge in [-0.1, -0.05) is 146 Å². The first-order valence-electron chi connectivity index (χ1n) is 16.9. The van der Waals surface area contributed by atoms with E-state index in [-0.39, 0.29) is 0 Å². The van der Waals surface area contributed by atoms with Crippen molar-refractivity contribution in [1.29, 1.82) is 0 Å². The molecule has 1 heterocycles. The van der Waals surface area contributed by atoms with Crippen molar-refractivity contribution >= 4 is 86.6 Å². The van der Waals surface area contributed by atoms with Crippen molar-refractivity contribution in [2.75, 3.05) is 0 Å². The first-order chi connectivity index (χ1) is 24.3. The summed E-state index contributed by atoms with van der Waals surface area (Å²) in [5.41, 5.74) is 6.92. The standard InChI is InChI=1S/C48H28O/c1-3-13-33-29(11-1)21-25-40-42(33)28-30-12-2-4-14-34(30)47(40)48-38-17-7-5-15-36(38)45(37-16-6-8-18-39(37)48)32-22-24-35-31(27-32)23-26-44-46(35)41-19-9-10-20-43(41)49-44/h1-28H. The van der Waals surface area contributed by atoms with Gasteiger partial charge in [0.2, 0.25) is 0 Å². The molecular formula is C48H28O. The van der Waals surface area contributed by atoms with Crippen molar-refractivity contribution < 1.29 is 4.42 Å². The molecule has 11 rings (SSSR count).